The number of amides is 3. The second-order valence-electron chi connectivity index (χ2n) is 4.99. The molecule has 22 heavy (non-hydrogen) atoms. The summed E-state index contributed by atoms with van der Waals surface area (Å²) in [5.41, 5.74) is -0.808. The summed E-state index contributed by atoms with van der Waals surface area (Å²) in [6, 6.07) is 2.22. The van der Waals surface area contributed by atoms with Gasteiger partial charge in [-0.3, -0.25) is 14.9 Å². The van der Waals surface area contributed by atoms with Gasteiger partial charge in [-0.1, -0.05) is 12.8 Å². The number of carbonyl (C=O) groups excluding carboxylic acids is 3. The number of imide groups is 1. The number of pyridine rings is 1. The number of rotatable bonds is 4. The van der Waals surface area contributed by atoms with Crippen molar-refractivity contribution < 1.29 is 19.1 Å². The van der Waals surface area contributed by atoms with E-state index in [0.717, 1.165) is 25.7 Å². The van der Waals surface area contributed by atoms with Crippen molar-refractivity contribution in [3.63, 3.8) is 0 Å². The van der Waals surface area contributed by atoms with E-state index < -0.39 is 30.1 Å². The lowest BCUT2D eigenvalue weighted by atomic mass is 10.2. The second kappa shape index (κ2) is 7.39. The van der Waals surface area contributed by atoms with E-state index in [1.54, 1.807) is 0 Å². The number of urea groups is 1. The molecule has 1 aliphatic rings. The van der Waals surface area contributed by atoms with Crippen LogP contribution in [0, 0.1) is 0 Å². The summed E-state index contributed by atoms with van der Waals surface area (Å²) in [5.74, 6) is -1.68. The Hall–Kier alpha value is -2.64. The monoisotopic (exact) mass is 307 g/mol. The van der Waals surface area contributed by atoms with Gasteiger partial charge in [-0.05, 0) is 25.0 Å². The molecule has 0 aliphatic heterocycles. The number of nitrogens with one attached hydrogen (secondary N) is 3. The highest BCUT2D eigenvalue weighted by molar-refractivity contribution is 5.97. The molecule has 118 valence electrons. The molecule has 1 saturated carbocycles. The van der Waals surface area contributed by atoms with Crippen LogP contribution in [0.25, 0.3) is 0 Å². The van der Waals surface area contributed by atoms with Gasteiger partial charge in [0.05, 0.1) is 0 Å². The molecule has 8 nitrogen and oxygen atoms in total. The Morgan fingerprint density at radius 1 is 1.27 bits per heavy atom. The van der Waals surface area contributed by atoms with E-state index in [1.165, 1.54) is 18.3 Å². The summed E-state index contributed by atoms with van der Waals surface area (Å²) in [7, 11) is 0. The highest BCUT2D eigenvalue weighted by Crippen LogP contribution is 2.17. The van der Waals surface area contributed by atoms with Crippen LogP contribution in [0.15, 0.2) is 23.1 Å². The van der Waals surface area contributed by atoms with Crippen molar-refractivity contribution >= 4 is 17.9 Å². The highest BCUT2D eigenvalue weighted by atomic mass is 16.5. The molecule has 1 aromatic rings. The zero-order chi connectivity index (χ0) is 15.9. The third-order valence-electron chi connectivity index (χ3n) is 3.32. The maximum atomic E-state index is 11.6. The Kier molecular flexibility index (Phi) is 5.29. The molecule has 8 heteroatoms. The van der Waals surface area contributed by atoms with Crippen LogP contribution in [0.4, 0.5) is 4.79 Å². The summed E-state index contributed by atoms with van der Waals surface area (Å²) < 4.78 is 4.69. The van der Waals surface area contributed by atoms with Crippen molar-refractivity contribution in [1.29, 1.82) is 0 Å². The molecule has 2 rings (SSSR count). The van der Waals surface area contributed by atoms with E-state index in [9.17, 15) is 19.2 Å². The smallest absolute Gasteiger partial charge is 0.344 e. The molecule has 3 N–H and O–H groups in total. The van der Waals surface area contributed by atoms with Crippen LogP contribution < -0.4 is 16.2 Å². The van der Waals surface area contributed by atoms with Crippen molar-refractivity contribution in [3.8, 4) is 0 Å². The van der Waals surface area contributed by atoms with Crippen molar-refractivity contribution in [2.45, 2.75) is 31.7 Å². The fourth-order valence-corrected chi connectivity index (χ4v) is 2.25. The lowest BCUT2D eigenvalue weighted by Crippen LogP contribution is -2.45. The van der Waals surface area contributed by atoms with E-state index in [4.69, 9.17) is 4.74 Å². The quantitative estimate of drug-likeness (QED) is 0.692. The van der Waals surface area contributed by atoms with Gasteiger partial charge in [0.2, 0.25) is 0 Å². The SMILES string of the molecule is O=C(COC(=O)c1ccc[nH]c1=O)NC(=O)NC1CCCC1. The van der Waals surface area contributed by atoms with Crippen LogP contribution in [0.1, 0.15) is 36.0 Å². The van der Waals surface area contributed by atoms with E-state index in [1.807, 2.05) is 0 Å². The van der Waals surface area contributed by atoms with Crippen molar-refractivity contribution in [3.05, 3.63) is 34.2 Å². The summed E-state index contributed by atoms with van der Waals surface area (Å²) >= 11 is 0. The maximum Gasteiger partial charge on any atom is 0.344 e. The number of hydrogen-bond acceptors (Lipinski definition) is 5. The first-order valence-corrected chi connectivity index (χ1v) is 7.01. The molecule has 3 amide bonds. The normalized spacial score (nSPS) is 14.4. The van der Waals surface area contributed by atoms with Gasteiger partial charge in [0.1, 0.15) is 5.56 Å². The molecule has 0 unspecified atom stereocenters. The molecule has 0 bridgehead atoms. The highest BCUT2D eigenvalue weighted by Gasteiger charge is 2.19. The Balaban J connectivity index is 1.75. The van der Waals surface area contributed by atoms with E-state index in [0.29, 0.717) is 0 Å². The Bertz CT molecular complexity index is 619. The average molecular weight is 307 g/mol. The zero-order valence-electron chi connectivity index (χ0n) is 11.9. The Morgan fingerprint density at radius 3 is 2.68 bits per heavy atom. The van der Waals surface area contributed by atoms with Crippen LogP contribution in [-0.2, 0) is 9.53 Å². The summed E-state index contributed by atoms with van der Waals surface area (Å²) in [6.45, 7) is -0.634. The molecular weight excluding hydrogens is 290 g/mol. The van der Waals surface area contributed by atoms with E-state index in [-0.39, 0.29) is 11.6 Å². The summed E-state index contributed by atoms with van der Waals surface area (Å²) in [4.78, 5) is 48.3. The van der Waals surface area contributed by atoms with Gasteiger partial charge in [0.15, 0.2) is 6.61 Å². The Labute approximate surface area is 126 Å². The predicted octanol–water partition coefficient (Wildman–Crippen LogP) is 0.300. The van der Waals surface area contributed by atoms with Gasteiger partial charge in [0, 0.05) is 12.2 Å². The van der Waals surface area contributed by atoms with Crippen LogP contribution in [0.5, 0.6) is 0 Å². The lowest BCUT2D eigenvalue weighted by Gasteiger charge is -2.12. The minimum absolute atomic E-state index is 0.0817. The first-order valence-electron chi connectivity index (χ1n) is 7.01. The molecule has 1 aromatic heterocycles. The first-order chi connectivity index (χ1) is 10.6. The standard InChI is InChI=1S/C14H17N3O5/c18-11(17-14(21)16-9-4-1-2-5-9)8-22-13(20)10-6-3-7-15-12(10)19/h3,6-7,9H,1-2,4-5,8H2,(H,15,19)(H2,16,17,18,21). The summed E-state index contributed by atoms with van der Waals surface area (Å²) in [6.07, 6.45) is 5.28. The maximum absolute atomic E-state index is 11.6. The minimum atomic E-state index is -0.923. The zero-order valence-corrected chi connectivity index (χ0v) is 11.9. The van der Waals surface area contributed by atoms with Gasteiger partial charge in [0.25, 0.3) is 11.5 Å². The van der Waals surface area contributed by atoms with Crippen LogP contribution in [-0.4, -0.2) is 35.5 Å². The molecule has 0 radical (unpaired) electrons. The molecular formula is C14H17N3O5. The van der Waals surface area contributed by atoms with E-state index >= 15 is 0 Å². The molecule has 1 fully saturated rings. The van der Waals surface area contributed by atoms with Gasteiger partial charge in [-0.2, -0.15) is 0 Å². The van der Waals surface area contributed by atoms with E-state index in [2.05, 4.69) is 15.6 Å². The predicted molar refractivity (Wildman–Crippen MR) is 76.3 cm³/mol. The first kappa shape index (κ1) is 15.7. The molecule has 0 spiro atoms. The summed E-state index contributed by atoms with van der Waals surface area (Å²) in [5, 5.41) is 4.75. The third-order valence-corrected chi connectivity index (χ3v) is 3.32. The number of hydrogen-bond donors (Lipinski definition) is 3. The molecule has 0 aromatic carbocycles. The number of aromatic amines is 1. The molecule has 1 aliphatic carbocycles. The van der Waals surface area contributed by atoms with Gasteiger partial charge >= 0.3 is 12.0 Å². The molecule has 0 atom stereocenters. The van der Waals surface area contributed by atoms with Gasteiger partial charge < -0.3 is 15.0 Å². The topological polar surface area (TPSA) is 117 Å². The molecule has 0 saturated heterocycles. The van der Waals surface area contributed by atoms with Crippen LogP contribution in [0.3, 0.4) is 0 Å². The Morgan fingerprint density at radius 2 is 2.00 bits per heavy atom. The van der Waals surface area contributed by atoms with Crippen LogP contribution >= 0.6 is 0 Å². The average Bonchev–Trinajstić information content (AvgIpc) is 2.98. The molecule has 1 heterocycles. The fraction of sp³-hybridized carbons (Fsp3) is 0.429. The fourth-order valence-electron chi connectivity index (χ4n) is 2.25. The number of ether oxygens (including phenoxy) is 1. The van der Waals surface area contributed by atoms with Crippen LogP contribution in [0.2, 0.25) is 0 Å². The van der Waals surface area contributed by atoms with Gasteiger partial charge in [-0.15, -0.1) is 0 Å². The number of carbonyl (C=O) groups is 3. The number of H-pyrrole nitrogens is 1. The largest absolute Gasteiger partial charge is 0.452 e. The number of esters is 1. The van der Waals surface area contributed by atoms with Crippen molar-refractivity contribution in [2.75, 3.05) is 6.61 Å². The minimum Gasteiger partial charge on any atom is -0.452 e. The lowest BCUT2D eigenvalue weighted by molar-refractivity contribution is -0.123. The van der Waals surface area contributed by atoms with Crippen molar-refractivity contribution in [2.24, 2.45) is 0 Å². The number of aromatic nitrogens is 1. The third kappa shape index (κ3) is 4.44. The van der Waals surface area contributed by atoms with Crippen molar-refractivity contribution in [1.82, 2.24) is 15.6 Å². The van der Waals surface area contributed by atoms with Gasteiger partial charge in [-0.25, -0.2) is 9.59 Å². The second-order valence-corrected chi connectivity index (χ2v) is 4.99.